The van der Waals surface area contributed by atoms with E-state index < -0.39 is 10.0 Å². The predicted molar refractivity (Wildman–Crippen MR) is 112 cm³/mol. The zero-order valence-electron chi connectivity index (χ0n) is 16.9. The lowest BCUT2D eigenvalue weighted by atomic mass is 9.98. The molecule has 0 bridgehead atoms. The molecule has 1 amide bonds. The van der Waals surface area contributed by atoms with Crippen molar-refractivity contribution in [3.63, 3.8) is 0 Å². The molecule has 2 aliphatic heterocycles. The molecule has 0 saturated carbocycles. The second kappa shape index (κ2) is 9.85. The Hall–Kier alpha value is -1.44. The summed E-state index contributed by atoms with van der Waals surface area (Å²) >= 11 is 0. The number of carbonyl (C=O) groups is 1. The van der Waals surface area contributed by atoms with E-state index in [0.29, 0.717) is 19.5 Å². The Morgan fingerprint density at radius 3 is 2.46 bits per heavy atom. The molecule has 0 aromatic heterocycles. The summed E-state index contributed by atoms with van der Waals surface area (Å²) < 4.78 is 27.2. The summed E-state index contributed by atoms with van der Waals surface area (Å²) in [5.41, 5.74) is 1.16. The summed E-state index contributed by atoms with van der Waals surface area (Å²) in [4.78, 5) is 17.2. The van der Waals surface area contributed by atoms with Crippen molar-refractivity contribution in [3.8, 4) is 0 Å². The largest absolute Gasteiger partial charge is 0.340 e. The highest BCUT2D eigenvalue weighted by Crippen LogP contribution is 2.22. The lowest BCUT2D eigenvalue weighted by Crippen LogP contribution is -2.53. The van der Waals surface area contributed by atoms with Crippen LogP contribution >= 0.6 is 0 Å². The summed E-state index contributed by atoms with van der Waals surface area (Å²) in [6.45, 7) is 7.38. The van der Waals surface area contributed by atoms with Crippen LogP contribution in [0.2, 0.25) is 0 Å². The lowest BCUT2D eigenvalue weighted by molar-refractivity contribution is -0.138. The lowest BCUT2D eigenvalue weighted by Gasteiger charge is -2.38. The molecule has 7 heteroatoms. The highest BCUT2D eigenvalue weighted by Gasteiger charge is 2.34. The molecule has 0 unspecified atom stereocenters. The molecule has 1 atom stereocenters. The minimum absolute atomic E-state index is 0.139. The fourth-order valence-electron chi connectivity index (χ4n) is 4.17. The number of piperazine rings is 1. The number of piperidine rings is 1. The maximum Gasteiger partial charge on any atom is 0.227 e. The monoisotopic (exact) mass is 407 g/mol. The number of carbonyl (C=O) groups excluding carboxylic acids is 1. The van der Waals surface area contributed by atoms with E-state index in [1.807, 2.05) is 35.2 Å². The number of benzene rings is 1. The molecule has 2 saturated heterocycles. The molecule has 2 fully saturated rings. The summed E-state index contributed by atoms with van der Waals surface area (Å²) in [6.07, 6.45) is 2.94. The third-order valence-corrected chi connectivity index (χ3v) is 7.89. The van der Waals surface area contributed by atoms with E-state index in [-0.39, 0.29) is 17.6 Å². The Balaban J connectivity index is 1.51. The molecule has 28 heavy (non-hydrogen) atoms. The average Bonchev–Trinajstić information content (AvgIpc) is 2.74. The van der Waals surface area contributed by atoms with E-state index >= 15 is 0 Å². The average molecular weight is 408 g/mol. The van der Waals surface area contributed by atoms with Crippen molar-refractivity contribution in [2.24, 2.45) is 5.92 Å². The number of nitrogens with zero attached hydrogens (tertiary/aromatic N) is 3. The van der Waals surface area contributed by atoms with Crippen molar-refractivity contribution in [1.29, 1.82) is 0 Å². The van der Waals surface area contributed by atoms with Crippen LogP contribution in [0.1, 0.15) is 31.7 Å². The Morgan fingerprint density at radius 2 is 1.79 bits per heavy atom. The van der Waals surface area contributed by atoms with Gasteiger partial charge in [-0.25, -0.2) is 12.7 Å². The maximum absolute atomic E-state index is 12.9. The van der Waals surface area contributed by atoms with Crippen LogP contribution in [0, 0.1) is 5.92 Å². The van der Waals surface area contributed by atoms with Gasteiger partial charge in [-0.15, -0.1) is 0 Å². The van der Waals surface area contributed by atoms with Gasteiger partial charge in [0.05, 0.1) is 11.7 Å². The number of hydrogen-bond acceptors (Lipinski definition) is 4. The molecule has 2 heterocycles. The summed E-state index contributed by atoms with van der Waals surface area (Å²) in [5.74, 6) is 0.101. The Bertz CT molecular complexity index is 731. The van der Waals surface area contributed by atoms with E-state index in [4.69, 9.17) is 0 Å². The van der Waals surface area contributed by atoms with Gasteiger partial charge >= 0.3 is 0 Å². The van der Waals surface area contributed by atoms with Crippen LogP contribution in [-0.2, 0) is 21.2 Å². The number of aryl methyl sites for hydroxylation is 1. The standard InChI is InChI=1S/C21H33N3O3S/c1-2-22-13-15-23(16-14-22)21(25)20-11-6-12-24(18-20)28(26,27)17-7-10-19-8-4-3-5-9-19/h3-5,8-9,20H,2,6-7,10-18H2,1H3/t20-/m0/s1. The fraction of sp³-hybridized carbons (Fsp3) is 0.667. The number of sulfonamides is 1. The van der Waals surface area contributed by atoms with Gasteiger partial charge in [0, 0.05) is 39.3 Å². The molecule has 1 aromatic carbocycles. The Morgan fingerprint density at radius 1 is 1.07 bits per heavy atom. The highest BCUT2D eigenvalue weighted by atomic mass is 32.2. The quantitative estimate of drug-likeness (QED) is 0.692. The van der Waals surface area contributed by atoms with Gasteiger partial charge in [0.2, 0.25) is 15.9 Å². The number of hydrogen-bond donors (Lipinski definition) is 0. The minimum atomic E-state index is -3.31. The van der Waals surface area contributed by atoms with Gasteiger partial charge in [0.15, 0.2) is 0 Å². The van der Waals surface area contributed by atoms with E-state index in [9.17, 15) is 13.2 Å². The second-order valence-electron chi connectivity index (χ2n) is 7.86. The van der Waals surface area contributed by atoms with Crippen molar-refractivity contribution < 1.29 is 13.2 Å². The Labute approximate surface area is 169 Å². The molecule has 0 radical (unpaired) electrons. The minimum Gasteiger partial charge on any atom is -0.340 e. The molecular weight excluding hydrogens is 374 g/mol. The van der Waals surface area contributed by atoms with Crippen molar-refractivity contribution in [3.05, 3.63) is 35.9 Å². The van der Waals surface area contributed by atoms with E-state index in [1.54, 1.807) is 4.31 Å². The molecule has 2 aliphatic rings. The van der Waals surface area contributed by atoms with Crippen LogP contribution in [-0.4, -0.2) is 80.0 Å². The van der Waals surface area contributed by atoms with Crippen LogP contribution in [0.5, 0.6) is 0 Å². The van der Waals surface area contributed by atoms with Gasteiger partial charge in [-0.1, -0.05) is 37.3 Å². The number of rotatable bonds is 7. The van der Waals surface area contributed by atoms with Crippen molar-refractivity contribution in [1.82, 2.24) is 14.1 Å². The molecule has 6 nitrogen and oxygen atoms in total. The molecule has 0 aliphatic carbocycles. The van der Waals surface area contributed by atoms with Gasteiger partial charge in [-0.3, -0.25) is 4.79 Å². The third-order valence-electron chi connectivity index (χ3n) is 5.97. The maximum atomic E-state index is 12.9. The fourth-order valence-corrected chi connectivity index (χ4v) is 5.75. The van der Waals surface area contributed by atoms with Gasteiger partial charge in [0.25, 0.3) is 0 Å². The van der Waals surface area contributed by atoms with Crippen LogP contribution in [0.3, 0.4) is 0 Å². The van der Waals surface area contributed by atoms with Crippen LogP contribution in [0.15, 0.2) is 30.3 Å². The Kier molecular flexibility index (Phi) is 7.48. The molecule has 0 spiro atoms. The van der Waals surface area contributed by atoms with E-state index in [1.165, 1.54) is 0 Å². The molecule has 1 aromatic rings. The second-order valence-corrected chi connectivity index (χ2v) is 9.95. The summed E-state index contributed by atoms with van der Waals surface area (Å²) in [5, 5.41) is 0. The zero-order valence-corrected chi connectivity index (χ0v) is 17.7. The van der Waals surface area contributed by atoms with Gasteiger partial charge in [-0.2, -0.15) is 0 Å². The molecule has 3 rings (SSSR count). The number of amides is 1. The molecular formula is C21H33N3O3S. The first-order valence-electron chi connectivity index (χ1n) is 10.5. The van der Waals surface area contributed by atoms with Gasteiger partial charge in [0.1, 0.15) is 0 Å². The van der Waals surface area contributed by atoms with Gasteiger partial charge < -0.3 is 9.80 Å². The van der Waals surface area contributed by atoms with E-state index in [0.717, 1.165) is 57.5 Å². The van der Waals surface area contributed by atoms with Crippen LogP contribution in [0.4, 0.5) is 0 Å². The number of likely N-dealkylation sites (N-methyl/N-ethyl adjacent to an activating group) is 1. The summed E-state index contributed by atoms with van der Waals surface area (Å²) in [6, 6.07) is 9.98. The zero-order chi connectivity index (χ0) is 20.0. The molecule has 156 valence electrons. The first-order valence-corrected chi connectivity index (χ1v) is 12.1. The first-order chi connectivity index (χ1) is 13.5. The normalized spacial score (nSPS) is 22.3. The van der Waals surface area contributed by atoms with Crippen molar-refractivity contribution >= 4 is 15.9 Å². The summed E-state index contributed by atoms with van der Waals surface area (Å²) in [7, 11) is -3.31. The smallest absolute Gasteiger partial charge is 0.227 e. The topological polar surface area (TPSA) is 60.9 Å². The van der Waals surface area contributed by atoms with E-state index in [2.05, 4.69) is 11.8 Å². The van der Waals surface area contributed by atoms with Crippen molar-refractivity contribution in [2.75, 3.05) is 51.6 Å². The molecule has 0 N–H and O–H groups in total. The first kappa shape index (κ1) is 21.3. The van der Waals surface area contributed by atoms with Crippen LogP contribution < -0.4 is 0 Å². The SMILES string of the molecule is CCN1CCN(C(=O)[C@H]2CCCN(S(=O)(=O)CCCc3ccccc3)C2)CC1. The highest BCUT2D eigenvalue weighted by molar-refractivity contribution is 7.89. The van der Waals surface area contributed by atoms with Crippen LogP contribution in [0.25, 0.3) is 0 Å². The third kappa shape index (κ3) is 5.55. The van der Waals surface area contributed by atoms with Gasteiger partial charge in [-0.05, 0) is 37.8 Å². The predicted octanol–water partition coefficient (Wildman–Crippen LogP) is 1.83. The van der Waals surface area contributed by atoms with Crippen molar-refractivity contribution in [2.45, 2.75) is 32.6 Å².